The van der Waals surface area contributed by atoms with Crippen LogP contribution in [0.3, 0.4) is 0 Å². The summed E-state index contributed by atoms with van der Waals surface area (Å²) < 4.78 is 39.3. The van der Waals surface area contributed by atoms with Crippen LogP contribution < -0.4 is 16.0 Å². The third-order valence-electron chi connectivity index (χ3n) is 8.72. The van der Waals surface area contributed by atoms with Gasteiger partial charge in [-0.2, -0.15) is 10.4 Å². The lowest BCUT2D eigenvalue weighted by molar-refractivity contribution is -0.118. The van der Waals surface area contributed by atoms with E-state index < -0.39 is 52.7 Å². The Morgan fingerprint density at radius 1 is 1.20 bits per heavy atom. The van der Waals surface area contributed by atoms with Gasteiger partial charge in [-0.3, -0.25) is 9.48 Å². The fraction of sp³-hybridized carbons (Fsp3) is 0.528. The quantitative estimate of drug-likeness (QED) is 0.128. The number of hydrogen-bond donors (Lipinski definition) is 5. The number of benzene rings is 2. The molecule has 0 saturated carbocycles. The van der Waals surface area contributed by atoms with E-state index in [0.29, 0.717) is 25.9 Å². The van der Waals surface area contributed by atoms with Gasteiger partial charge in [0.15, 0.2) is 5.82 Å². The van der Waals surface area contributed by atoms with Crippen molar-refractivity contribution in [2.24, 2.45) is 5.41 Å². The molecule has 3 aromatic rings. The molecule has 1 saturated heterocycles. The predicted octanol–water partition coefficient (Wildman–Crippen LogP) is 5.56. The Balaban J connectivity index is 1.64. The van der Waals surface area contributed by atoms with Crippen LogP contribution in [-0.4, -0.2) is 76.0 Å². The van der Waals surface area contributed by atoms with Crippen LogP contribution in [-0.2, 0) is 21.5 Å². The van der Waals surface area contributed by atoms with Gasteiger partial charge in [0, 0.05) is 48.0 Å². The Bertz CT molecular complexity index is 1680. The maximum atomic E-state index is 15.9. The maximum Gasteiger partial charge on any atom is 0.243 e. The van der Waals surface area contributed by atoms with Gasteiger partial charge in [0.25, 0.3) is 0 Å². The zero-order chi connectivity index (χ0) is 36.9. The van der Waals surface area contributed by atoms with Gasteiger partial charge in [0.1, 0.15) is 17.0 Å². The van der Waals surface area contributed by atoms with Crippen molar-refractivity contribution < 1.29 is 28.5 Å². The van der Waals surface area contributed by atoms with Gasteiger partial charge < -0.3 is 30.9 Å². The van der Waals surface area contributed by atoms with E-state index in [9.17, 15) is 15.2 Å². The molecule has 1 aliphatic rings. The van der Waals surface area contributed by atoms with Crippen LogP contribution in [0.5, 0.6) is 0 Å². The van der Waals surface area contributed by atoms with Crippen LogP contribution in [0.25, 0.3) is 0 Å². The van der Waals surface area contributed by atoms with Crippen LogP contribution >= 0.6 is 23.2 Å². The van der Waals surface area contributed by atoms with Gasteiger partial charge in [-0.1, -0.05) is 62.2 Å². The van der Waals surface area contributed by atoms with Gasteiger partial charge in [-0.15, -0.1) is 0 Å². The Hall–Kier alpha value is -3.15. The van der Waals surface area contributed by atoms with Crippen molar-refractivity contribution >= 4 is 34.9 Å². The first kappa shape index (κ1) is 39.6. The molecule has 50 heavy (non-hydrogen) atoms. The lowest BCUT2D eigenvalue weighted by atomic mass is 9.62. The Morgan fingerprint density at radius 2 is 1.94 bits per heavy atom. The smallest absolute Gasteiger partial charge is 0.243 e. The molecule has 272 valence electrons. The van der Waals surface area contributed by atoms with Crippen molar-refractivity contribution in [3.05, 3.63) is 81.5 Å². The first-order valence-electron chi connectivity index (χ1n) is 16.6. The number of amides is 1. The van der Waals surface area contributed by atoms with Gasteiger partial charge in [-0.25, -0.2) is 8.78 Å². The molecule has 0 radical (unpaired) electrons. The van der Waals surface area contributed by atoms with Gasteiger partial charge in [0.05, 0.1) is 42.0 Å². The van der Waals surface area contributed by atoms with Crippen LogP contribution in [0.2, 0.25) is 10.0 Å². The van der Waals surface area contributed by atoms with E-state index >= 15 is 8.78 Å². The Kier molecular flexibility index (Phi) is 13.0. The minimum Gasteiger partial charge on any atom is -0.396 e. The lowest BCUT2D eigenvalue weighted by Gasteiger charge is -2.37. The molecule has 0 unspecified atom stereocenters. The first-order chi connectivity index (χ1) is 23.5. The number of rotatable bonds is 15. The molecule has 1 amide bonds. The van der Waals surface area contributed by atoms with Crippen molar-refractivity contribution in [2.75, 3.05) is 31.6 Å². The van der Waals surface area contributed by atoms with Gasteiger partial charge in [-0.05, 0) is 62.4 Å². The lowest BCUT2D eigenvalue weighted by Crippen LogP contribution is -2.45. The summed E-state index contributed by atoms with van der Waals surface area (Å²) in [6.07, 6.45) is 1.83. The van der Waals surface area contributed by atoms with Crippen molar-refractivity contribution in [2.45, 2.75) is 89.1 Å². The summed E-state index contributed by atoms with van der Waals surface area (Å²) in [6, 6.07) is 10.3. The molecule has 14 heteroatoms. The standard InChI is InChI=1S/C36H46Cl2F2N6O4/c1-34(2,3)17-28-36(20-41,25-11-10-22(37)16-27(25)39)30(24-8-6-9-26(38)31(24)40)32(43-28)33(49)44-29-12-14-46(45-29)21-35(4,5)50-19-23(48)18-42-13-7-15-47/h6,8-12,14,16,23,28,30,32,42-43,47-48H,7,13,15,17-19,21H2,1-5H3,(H,44,45,49)/t23-,28+,30+,32-,36+/m1/s1. The summed E-state index contributed by atoms with van der Waals surface area (Å²) >= 11 is 12.3. The van der Waals surface area contributed by atoms with E-state index in [2.05, 4.69) is 27.1 Å². The number of aliphatic hydroxyl groups is 2. The van der Waals surface area contributed by atoms with E-state index in [1.165, 1.54) is 30.3 Å². The van der Waals surface area contributed by atoms with E-state index in [4.69, 9.17) is 33.0 Å². The number of aliphatic hydroxyl groups excluding tert-OH is 2. The second-order valence-corrected chi connectivity index (χ2v) is 15.4. The summed E-state index contributed by atoms with van der Waals surface area (Å²) in [6.45, 7) is 10.9. The summed E-state index contributed by atoms with van der Waals surface area (Å²) in [5, 5.41) is 43.8. The third-order valence-corrected chi connectivity index (χ3v) is 9.25. The normalized spacial score (nSPS) is 21.6. The number of carbonyl (C=O) groups excluding carboxylic acids is 1. The minimum atomic E-state index is -1.75. The molecule has 1 fully saturated rings. The zero-order valence-corrected chi connectivity index (χ0v) is 30.5. The average molecular weight is 736 g/mol. The molecule has 2 heterocycles. The van der Waals surface area contributed by atoms with E-state index in [-0.39, 0.29) is 52.2 Å². The highest BCUT2D eigenvalue weighted by atomic mass is 35.5. The Morgan fingerprint density at radius 3 is 2.60 bits per heavy atom. The number of halogens is 4. The average Bonchev–Trinajstić information content (AvgIpc) is 3.60. The van der Waals surface area contributed by atoms with Crippen LogP contribution in [0.15, 0.2) is 48.7 Å². The van der Waals surface area contributed by atoms with Crippen LogP contribution in [0.4, 0.5) is 14.6 Å². The molecule has 0 aliphatic carbocycles. The molecular formula is C36H46Cl2F2N6O4. The third kappa shape index (κ3) is 9.39. The van der Waals surface area contributed by atoms with Crippen LogP contribution in [0, 0.1) is 28.4 Å². The second kappa shape index (κ2) is 16.5. The number of anilines is 1. The molecule has 5 N–H and O–H groups in total. The number of nitrogens with one attached hydrogen (secondary N) is 3. The molecule has 2 aromatic carbocycles. The van der Waals surface area contributed by atoms with Crippen molar-refractivity contribution in [1.82, 2.24) is 20.4 Å². The van der Waals surface area contributed by atoms with Crippen molar-refractivity contribution in [3.63, 3.8) is 0 Å². The number of nitriles is 1. The molecule has 1 aromatic heterocycles. The highest BCUT2D eigenvalue weighted by molar-refractivity contribution is 6.31. The van der Waals surface area contributed by atoms with Crippen LogP contribution in [0.1, 0.15) is 64.5 Å². The van der Waals surface area contributed by atoms with Gasteiger partial charge >= 0.3 is 0 Å². The molecule has 4 rings (SSSR count). The number of nitrogens with zero attached hydrogens (tertiary/aromatic N) is 3. The number of hydrogen-bond acceptors (Lipinski definition) is 8. The number of carbonyl (C=O) groups is 1. The van der Waals surface area contributed by atoms with E-state index in [1.54, 1.807) is 16.9 Å². The fourth-order valence-corrected chi connectivity index (χ4v) is 6.91. The molecule has 10 nitrogen and oxygen atoms in total. The number of ether oxygens (including phenoxy) is 1. The van der Waals surface area contributed by atoms with Crippen molar-refractivity contribution in [1.29, 1.82) is 5.26 Å². The molecular weight excluding hydrogens is 689 g/mol. The molecule has 0 bridgehead atoms. The molecule has 1 aliphatic heterocycles. The van der Waals surface area contributed by atoms with E-state index in [1.807, 2.05) is 34.6 Å². The minimum absolute atomic E-state index is 0.00679. The topological polar surface area (TPSA) is 144 Å². The zero-order valence-electron chi connectivity index (χ0n) is 28.9. The fourth-order valence-electron chi connectivity index (χ4n) is 6.57. The Labute approximate surface area is 302 Å². The first-order valence-corrected chi connectivity index (χ1v) is 17.3. The summed E-state index contributed by atoms with van der Waals surface area (Å²) in [5.74, 6) is -3.17. The molecule has 5 atom stereocenters. The summed E-state index contributed by atoms with van der Waals surface area (Å²) in [7, 11) is 0. The maximum absolute atomic E-state index is 15.9. The predicted molar refractivity (Wildman–Crippen MR) is 189 cm³/mol. The number of aromatic nitrogens is 2. The largest absolute Gasteiger partial charge is 0.396 e. The molecule has 0 spiro atoms. The van der Waals surface area contributed by atoms with Crippen molar-refractivity contribution in [3.8, 4) is 6.07 Å². The van der Waals surface area contributed by atoms with Gasteiger partial charge in [0.2, 0.25) is 5.91 Å². The SMILES string of the molecule is CC(C)(C)C[C@@H]1N[C@@H](C(=O)Nc2ccn(CC(C)(C)OC[C@H](O)CNCCCO)n2)[C@H](c2cccc(Cl)c2F)[C@@]1(C#N)c1ccc(Cl)cc1F. The summed E-state index contributed by atoms with van der Waals surface area (Å²) in [5.41, 5.74) is -2.90. The second-order valence-electron chi connectivity index (χ2n) is 14.6. The monoisotopic (exact) mass is 734 g/mol. The summed E-state index contributed by atoms with van der Waals surface area (Å²) in [4.78, 5) is 14.2. The highest BCUT2D eigenvalue weighted by Crippen LogP contribution is 2.52. The van der Waals surface area contributed by atoms with E-state index in [0.717, 1.165) is 6.07 Å². The highest BCUT2D eigenvalue weighted by Gasteiger charge is 2.61.